The van der Waals surface area contributed by atoms with E-state index in [9.17, 15) is 15.2 Å². The van der Waals surface area contributed by atoms with Crippen molar-refractivity contribution in [3.05, 3.63) is 45.3 Å². The van der Waals surface area contributed by atoms with Crippen LogP contribution >= 0.6 is 11.3 Å². The molecule has 0 aliphatic heterocycles. The summed E-state index contributed by atoms with van der Waals surface area (Å²) in [5.41, 5.74) is 0.800. The lowest BCUT2D eigenvalue weighted by molar-refractivity contribution is -0.385. The average molecular weight is 308 g/mol. The molecule has 21 heavy (non-hydrogen) atoms. The van der Waals surface area contributed by atoms with Gasteiger partial charge in [-0.1, -0.05) is 17.4 Å². The molecule has 6 nitrogen and oxygen atoms in total. The summed E-state index contributed by atoms with van der Waals surface area (Å²) in [4.78, 5) is 13.0. The van der Waals surface area contributed by atoms with Crippen LogP contribution in [0.4, 0.5) is 11.4 Å². The third-order valence-electron chi connectivity index (χ3n) is 2.85. The smallest absolute Gasteiger partial charge is 0.323 e. The second kappa shape index (κ2) is 6.11. The summed E-state index contributed by atoms with van der Waals surface area (Å²) in [6, 6.07) is 8.61. The predicted octanol–water partition coefficient (Wildman–Crippen LogP) is 3.57. The molecule has 0 aliphatic rings. The third-order valence-corrected chi connectivity index (χ3v) is 4.02. The van der Waals surface area contributed by atoms with E-state index in [2.05, 4.69) is 0 Å². The Balaban J connectivity index is 2.34. The van der Waals surface area contributed by atoms with E-state index in [0.717, 1.165) is 17.0 Å². The van der Waals surface area contributed by atoms with Crippen LogP contribution in [0, 0.1) is 10.1 Å². The van der Waals surface area contributed by atoms with E-state index in [4.69, 9.17) is 4.74 Å². The molecule has 0 amide bonds. The fourth-order valence-electron chi connectivity index (χ4n) is 1.72. The van der Waals surface area contributed by atoms with E-state index in [1.54, 1.807) is 19.1 Å². The van der Waals surface area contributed by atoms with Gasteiger partial charge in [-0.25, -0.2) is 0 Å². The van der Waals surface area contributed by atoms with Crippen molar-refractivity contribution in [2.24, 2.45) is 0 Å². The van der Waals surface area contributed by atoms with Crippen molar-refractivity contribution in [1.82, 2.24) is 0 Å². The Morgan fingerprint density at radius 2 is 2.10 bits per heavy atom. The monoisotopic (exact) mass is 308 g/mol. The van der Waals surface area contributed by atoms with Crippen molar-refractivity contribution in [2.45, 2.75) is 13.0 Å². The Morgan fingerprint density at radius 3 is 2.67 bits per heavy atom. The first-order valence-electron chi connectivity index (χ1n) is 6.30. The Labute approximate surface area is 126 Å². The zero-order valence-electron chi connectivity index (χ0n) is 11.9. The van der Waals surface area contributed by atoms with Crippen LogP contribution < -0.4 is 9.64 Å². The van der Waals surface area contributed by atoms with E-state index < -0.39 is 11.0 Å². The lowest BCUT2D eigenvalue weighted by Gasteiger charge is -2.13. The number of hydrogen-bond donors (Lipinski definition) is 1. The number of nitrogens with zero attached hydrogens (tertiary/aromatic N) is 2. The zero-order valence-corrected chi connectivity index (χ0v) is 12.8. The summed E-state index contributed by atoms with van der Waals surface area (Å²) in [7, 11) is 3.80. The van der Waals surface area contributed by atoms with Gasteiger partial charge in [-0.15, -0.1) is 0 Å². The SMILES string of the molecule is C[C@@H](O)c1cc([N+](=O)[O-])c(Oc2cccc(N(C)C)c2)s1. The lowest BCUT2D eigenvalue weighted by Crippen LogP contribution is -2.08. The molecule has 0 fully saturated rings. The molecule has 1 N–H and O–H groups in total. The van der Waals surface area contributed by atoms with Gasteiger partial charge in [0, 0.05) is 36.8 Å². The van der Waals surface area contributed by atoms with Crippen molar-refractivity contribution in [3.8, 4) is 10.8 Å². The number of thiophene rings is 1. The maximum atomic E-state index is 11.1. The number of aliphatic hydroxyl groups excluding tert-OH is 1. The first-order chi connectivity index (χ1) is 9.88. The molecule has 0 spiro atoms. The highest BCUT2D eigenvalue weighted by Gasteiger charge is 2.23. The molecule has 0 saturated heterocycles. The molecule has 0 saturated carbocycles. The molecule has 0 aliphatic carbocycles. The highest BCUT2D eigenvalue weighted by Crippen LogP contribution is 2.42. The van der Waals surface area contributed by atoms with Crippen LogP contribution in [0.15, 0.2) is 30.3 Å². The Hall–Kier alpha value is -2.12. The number of benzene rings is 1. The van der Waals surface area contributed by atoms with Gasteiger partial charge in [-0.2, -0.15) is 0 Å². The first-order valence-corrected chi connectivity index (χ1v) is 7.11. The Morgan fingerprint density at radius 1 is 1.38 bits per heavy atom. The van der Waals surface area contributed by atoms with Crippen molar-refractivity contribution in [2.75, 3.05) is 19.0 Å². The van der Waals surface area contributed by atoms with Gasteiger partial charge < -0.3 is 14.7 Å². The van der Waals surface area contributed by atoms with E-state index in [1.165, 1.54) is 6.07 Å². The van der Waals surface area contributed by atoms with E-state index in [-0.39, 0.29) is 10.8 Å². The molecule has 1 aromatic carbocycles. The number of anilines is 1. The zero-order chi connectivity index (χ0) is 15.6. The van der Waals surface area contributed by atoms with Crippen LogP contribution in [0.2, 0.25) is 0 Å². The molecule has 7 heteroatoms. The fourth-order valence-corrected chi connectivity index (χ4v) is 2.65. The third kappa shape index (κ3) is 3.50. The highest BCUT2D eigenvalue weighted by atomic mass is 32.1. The number of hydrogen-bond acceptors (Lipinski definition) is 6. The molecule has 0 radical (unpaired) electrons. The summed E-state index contributed by atoms with van der Waals surface area (Å²) < 4.78 is 5.63. The van der Waals surface area contributed by atoms with Crippen molar-refractivity contribution < 1.29 is 14.8 Å². The van der Waals surface area contributed by atoms with Crippen molar-refractivity contribution in [3.63, 3.8) is 0 Å². The molecule has 0 bridgehead atoms. The number of aliphatic hydroxyl groups is 1. The Kier molecular flexibility index (Phi) is 4.44. The normalized spacial score (nSPS) is 12.0. The van der Waals surface area contributed by atoms with Crippen LogP contribution in [0.25, 0.3) is 0 Å². The van der Waals surface area contributed by atoms with Gasteiger partial charge in [0.05, 0.1) is 11.0 Å². The first kappa shape index (κ1) is 15.3. The standard InChI is InChI=1S/C14H16N2O4S/c1-9(17)13-8-12(16(18)19)14(21-13)20-11-6-4-5-10(7-11)15(2)3/h4-9,17H,1-3H3/t9-/m1/s1. The molecule has 112 valence electrons. The maximum Gasteiger partial charge on any atom is 0.323 e. The highest BCUT2D eigenvalue weighted by molar-refractivity contribution is 7.14. The minimum absolute atomic E-state index is 0.133. The molecule has 2 rings (SSSR count). The van der Waals surface area contributed by atoms with Gasteiger partial charge in [0.2, 0.25) is 0 Å². The number of nitro groups is 1. The van der Waals surface area contributed by atoms with Crippen LogP contribution in [0.3, 0.4) is 0 Å². The second-order valence-electron chi connectivity index (χ2n) is 4.75. The van der Waals surface area contributed by atoms with Crippen molar-refractivity contribution in [1.29, 1.82) is 0 Å². The maximum absolute atomic E-state index is 11.1. The molecule has 1 aromatic heterocycles. The molecule has 2 aromatic rings. The molecular formula is C14H16N2O4S. The van der Waals surface area contributed by atoms with E-state index in [1.807, 2.05) is 31.1 Å². The predicted molar refractivity (Wildman–Crippen MR) is 82.5 cm³/mol. The summed E-state index contributed by atoms with van der Waals surface area (Å²) in [6.45, 7) is 1.56. The minimum Gasteiger partial charge on any atom is -0.440 e. The molecule has 1 heterocycles. The van der Waals surface area contributed by atoms with Gasteiger partial charge in [-0.05, 0) is 19.1 Å². The van der Waals surface area contributed by atoms with E-state index >= 15 is 0 Å². The summed E-state index contributed by atoms with van der Waals surface area (Å²) in [5, 5.41) is 20.8. The summed E-state index contributed by atoms with van der Waals surface area (Å²) in [6.07, 6.45) is -0.765. The number of rotatable bonds is 5. The van der Waals surface area contributed by atoms with Crippen LogP contribution in [-0.2, 0) is 0 Å². The fraction of sp³-hybridized carbons (Fsp3) is 0.286. The molecule has 1 atom stereocenters. The molecule has 0 unspecified atom stereocenters. The lowest BCUT2D eigenvalue weighted by atomic mass is 10.3. The molecular weight excluding hydrogens is 292 g/mol. The second-order valence-corrected chi connectivity index (χ2v) is 5.79. The summed E-state index contributed by atoms with van der Waals surface area (Å²) in [5.74, 6) is 0.517. The van der Waals surface area contributed by atoms with Gasteiger partial charge in [0.1, 0.15) is 5.75 Å². The van der Waals surface area contributed by atoms with E-state index in [0.29, 0.717) is 10.6 Å². The average Bonchev–Trinajstić information content (AvgIpc) is 2.83. The largest absolute Gasteiger partial charge is 0.440 e. The Bertz CT molecular complexity index is 652. The minimum atomic E-state index is -0.765. The van der Waals surface area contributed by atoms with Crippen LogP contribution in [0.1, 0.15) is 17.9 Å². The number of ether oxygens (including phenoxy) is 1. The van der Waals surface area contributed by atoms with Crippen LogP contribution in [-0.4, -0.2) is 24.1 Å². The van der Waals surface area contributed by atoms with Gasteiger partial charge in [-0.3, -0.25) is 10.1 Å². The van der Waals surface area contributed by atoms with Gasteiger partial charge >= 0.3 is 5.69 Å². The van der Waals surface area contributed by atoms with Crippen LogP contribution in [0.5, 0.6) is 10.8 Å². The quantitative estimate of drug-likeness (QED) is 0.675. The van der Waals surface area contributed by atoms with Gasteiger partial charge in [0.15, 0.2) is 0 Å². The topological polar surface area (TPSA) is 75.8 Å². The van der Waals surface area contributed by atoms with Crippen molar-refractivity contribution >= 4 is 22.7 Å². The summed E-state index contributed by atoms with van der Waals surface area (Å²) >= 11 is 1.08. The van der Waals surface area contributed by atoms with Gasteiger partial charge in [0.25, 0.3) is 5.06 Å².